The molecule has 20 heavy (non-hydrogen) atoms. The van der Waals surface area contributed by atoms with Crippen LogP contribution in [-0.4, -0.2) is 11.6 Å². The molecule has 1 unspecified atom stereocenters. The van der Waals surface area contributed by atoms with Gasteiger partial charge in [0, 0.05) is 11.2 Å². The van der Waals surface area contributed by atoms with Gasteiger partial charge >= 0.3 is 0 Å². The van der Waals surface area contributed by atoms with Crippen LogP contribution in [0.25, 0.3) is 0 Å². The Hall–Kier alpha value is -1.69. The van der Waals surface area contributed by atoms with Gasteiger partial charge in [-0.25, -0.2) is 9.82 Å². The maximum atomic E-state index is 13.1. The fourth-order valence-electron chi connectivity index (χ4n) is 1.94. The van der Waals surface area contributed by atoms with Crippen molar-refractivity contribution in [2.24, 2.45) is 5.84 Å². The Morgan fingerprint density at radius 1 is 1.40 bits per heavy atom. The monoisotopic (exact) mass is 295 g/mol. The molecular formula is C14H15ClFN3O. The van der Waals surface area contributed by atoms with Crippen molar-refractivity contribution in [2.45, 2.75) is 13.0 Å². The first-order valence-electron chi connectivity index (χ1n) is 6.14. The van der Waals surface area contributed by atoms with Crippen molar-refractivity contribution >= 4 is 11.6 Å². The van der Waals surface area contributed by atoms with Gasteiger partial charge in [0.15, 0.2) is 0 Å². The third-order valence-corrected chi connectivity index (χ3v) is 3.15. The predicted molar refractivity (Wildman–Crippen MR) is 76.0 cm³/mol. The molecule has 3 N–H and O–H groups in total. The molecule has 6 heteroatoms. The van der Waals surface area contributed by atoms with E-state index in [1.807, 2.05) is 13.0 Å². The summed E-state index contributed by atoms with van der Waals surface area (Å²) in [5.74, 6) is 5.85. The largest absolute Gasteiger partial charge is 0.492 e. The maximum absolute atomic E-state index is 13.1. The summed E-state index contributed by atoms with van der Waals surface area (Å²) in [6, 6.07) is 5.61. The number of nitrogens with one attached hydrogen (secondary N) is 1. The average molecular weight is 296 g/mol. The van der Waals surface area contributed by atoms with Crippen LogP contribution in [0.5, 0.6) is 5.75 Å². The lowest BCUT2D eigenvalue weighted by atomic mass is 10.0. The fourth-order valence-corrected chi connectivity index (χ4v) is 2.22. The molecule has 0 bridgehead atoms. The molecule has 0 saturated heterocycles. The number of ether oxygens (including phenoxy) is 1. The highest BCUT2D eigenvalue weighted by Crippen LogP contribution is 2.29. The molecule has 0 amide bonds. The Bertz CT molecular complexity index is 594. The van der Waals surface area contributed by atoms with Gasteiger partial charge in [-0.2, -0.15) is 0 Å². The molecular weight excluding hydrogens is 281 g/mol. The number of halogens is 2. The molecule has 0 fully saturated rings. The van der Waals surface area contributed by atoms with Crippen molar-refractivity contribution in [3.63, 3.8) is 0 Å². The van der Waals surface area contributed by atoms with Gasteiger partial charge in [0.1, 0.15) is 11.6 Å². The third kappa shape index (κ3) is 3.25. The molecule has 2 aromatic rings. The van der Waals surface area contributed by atoms with E-state index in [-0.39, 0.29) is 0 Å². The van der Waals surface area contributed by atoms with E-state index in [1.165, 1.54) is 12.1 Å². The first kappa shape index (κ1) is 14.7. The van der Waals surface area contributed by atoms with E-state index in [9.17, 15) is 4.39 Å². The second-order valence-corrected chi connectivity index (χ2v) is 4.56. The summed E-state index contributed by atoms with van der Waals surface area (Å²) in [6.45, 7) is 2.44. The van der Waals surface area contributed by atoms with Crippen LogP contribution in [0.4, 0.5) is 4.39 Å². The smallest absolute Gasteiger partial charge is 0.137 e. The first-order valence-corrected chi connectivity index (χ1v) is 6.52. The lowest BCUT2D eigenvalue weighted by molar-refractivity contribution is 0.338. The van der Waals surface area contributed by atoms with Gasteiger partial charge in [-0.1, -0.05) is 17.7 Å². The molecule has 0 saturated carbocycles. The van der Waals surface area contributed by atoms with Crippen LogP contribution in [0.2, 0.25) is 5.02 Å². The predicted octanol–water partition coefficient (Wildman–Crippen LogP) is 2.83. The minimum Gasteiger partial charge on any atom is -0.492 e. The van der Waals surface area contributed by atoms with Gasteiger partial charge in [0.05, 0.1) is 18.8 Å². The van der Waals surface area contributed by atoms with Crippen molar-refractivity contribution in [2.75, 3.05) is 6.61 Å². The number of nitrogens with zero attached hydrogens (tertiary/aromatic N) is 1. The summed E-state index contributed by atoms with van der Waals surface area (Å²) in [5, 5.41) is 0.301. The number of hydrogen-bond donors (Lipinski definition) is 2. The van der Waals surface area contributed by atoms with E-state index < -0.39 is 11.9 Å². The molecule has 1 aromatic heterocycles. The van der Waals surface area contributed by atoms with Crippen molar-refractivity contribution in [3.05, 3.63) is 58.6 Å². The summed E-state index contributed by atoms with van der Waals surface area (Å²) in [7, 11) is 0. The molecule has 2 rings (SSSR count). The van der Waals surface area contributed by atoms with Crippen LogP contribution in [0, 0.1) is 5.82 Å². The van der Waals surface area contributed by atoms with Gasteiger partial charge in [-0.15, -0.1) is 0 Å². The molecule has 1 aromatic carbocycles. The van der Waals surface area contributed by atoms with Gasteiger partial charge < -0.3 is 4.74 Å². The zero-order chi connectivity index (χ0) is 14.5. The van der Waals surface area contributed by atoms with Gasteiger partial charge in [0.2, 0.25) is 0 Å². The normalized spacial score (nSPS) is 12.2. The zero-order valence-corrected chi connectivity index (χ0v) is 11.7. The minimum absolute atomic E-state index is 0.301. The Kier molecular flexibility index (Phi) is 4.89. The SMILES string of the molecule is CCOc1cncc(C(NN)c2ccc(F)cc2Cl)c1. The fraction of sp³-hybridized carbons (Fsp3) is 0.214. The Morgan fingerprint density at radius 3 is 2.85 bits per heavy atom. The quantitative estimate of drug-likeness (QED) is 0.658. The Morgan fingerprint density at radius 2 is 2.20 bits per heavy atom. The van der Waals surface area contributed by atoms with E-state index in [1.54, 1.807) is 18.5 Å². The third-order valence-electron chi connectivity index (χ3n) is 2.82. The molecule has 0 spiro atoms. The highest BCUT2D eigenvalue weighted by molar-refractivity contribution is 6.31. The van der Waals surface area contributed by atoms with Crippen molar-refractivity contribution < 1.29 is 9.13 Å². The molecule has 4 nitrogen and oxygen atoms in total. The molecule has 0 aliphatic heterocycles. The number of rotatable bonds is 5. The minimum atomic E-state index is -0.393. The highest BCUT2D eigenvalue weighted by Gasteiger charge is 2.17. The maximum Gasteiger partial charge on any atom is 0.137 e. The van der Waals surface area contributed by atoms with Crippen LogP contribution in [0.3, 0.4) is 0 Å². The second-order valence-electron chi connectivity index (χ2n) is 4.15. The summed E-state index contributed by atoms with van der Waals surface area (Å²) < 4.78 is 18.5. The molecule has 0 radical (unpaired) electrons. The molecule has 106 valence electrons. The van der Waals surface area contributed by atoms with Crippen molar-refractivity contribution in [1.29, 1.82) is 0 Å². The van der Waals surface area contributed by atoms with E-state index in [4.69, 9.17) is 22.2 Å². The van der Waals surface area contributed by atoms with Gasteiger partial charge in [-0.3, -0.25) is 10.8 Å². The first-order chi connectivity index (χ1) is 9.65. The summed E-state index contributed by atoms with van der Waals surface area (Å²) in [5.41, 5.74) is 4.12. The van der Waals surface area contributed by atoms with Crippen LogP contribution < -0.4 is 16.0 Å². The summed E-state index contributed by atoms with van der Waals surface area (Å²) >= 11 is 6.07. The van der Waals surface area contributed by atoms with E-state index in [0.29, 0.717) is 22.9 Å². The second kappa shape index (κ2) is 6.65. The van der Waals surface area contributed by atoms with Crippen LogP contribution in [-0.2, 0) is 0 Å². The molecule has 1 heterocycles. The topological polar surface area (TPSA) is 60.2 Å². The number of aromatic nitrogens is 1. The molecule has 1 atom stereocenters. The number of hydrazine groups is 1. The van der Waals surface area contributed by atoms with Crippen LogP contribution in [0.15, 0.2) is 36.7 Å². The van der Waals surface area contributed by atoms with Crippen LogP contribution in [0.1, 0.15) is 24.1 Å². The Labute approximate surface area is 121 Å². The molecule has 0 aliphatic carbocycles. The van der Waals surface area contributed by atoms with Gasteiger partial charge in [0.25, 0.3) is 0 Å². The summed E-state index contributed by atoms with van der Waals surface area (Å²) in [4.78, 5) is 4.11. The zero-order valence-electron chi connectivity index (χ0n) is 10.9. The number of pyridine rings is 1. The van der Waals surface area contributed by atoms with Crippen molar-refractivity contribution in [1.82, 2.24) is 10.4 Å². The standard InChI is InChI=1S/C14H15ClFN3O/c1-2-20-11-5-9(7-18-8-11)14(19-17)12-4-3-10(16)6-13(12)15/h3-8,14,19H,2,17H2,1H3. The summed E-state index contributed by atoms with van der Waals surface area (Å²) in [6.07, 6.45) is 3.28. The van der Waals surface area contributed by atoms with E-state index in [2.05, 4.69) is 10.4 Å². The van der Waals surface area contributed by atoms with Crippen LogP contribution >= 0.6 is 11.6 Å². The number of nitrogens with two attached hydrogens (primary N) is 1. The van der Waals surface area contributed by atoms with Gasteiger partial charge in [-0.05, 0) is 36.2 Å². The average Bonchev–Trinajstić information content (AvgIpc) is 2.43. The Balaban J connectivity index is 2.38. The van der Waals surface area contributed by atoms with E-state index >= 15 is 0 Å². The lowest BCUT2D eigenvalue weighted by Gasteiger charge is -2.18. The van der Waals surface area contributed by atoms with Crippen molar-refractivity contribution in [3.8, 4) is 5.75 Å². The highest BCUT2D eigenvalue weighted by atomic mass is 35.5. The number of benzene rings is 1. The number of hydrogen-bond acceptors (Lipinski definition) is 4. The lowest BCUT2D eigenvalue weighted by Crippen LogP contribution is -2.29. The van der Waals surface area contributed by atoms with E-state index in [0.717, 1.165) is 5.56 Å². The molecule has 0 aliphatic rings.